The summed E-state index contributed by atoms with van der Waals surface area (Å²) >= 11 is 0. The Bertz CT molecular complexity index is 384. The highest BCUT2D eigenvalue weighted by atomic mass is 31.1. The molecule has 0 spiro atoms. The molecule has 0 saturated carbocycles. The lowest BCUT2D eigenvalue weighted by molar-refractivity contribution is -0.0742. The summed E-state index contributed by atoms with van der Waals surface area (Å²) in [6, 6.07) is 2.39. The highest BCUT2D eigenvalue weighted by Crippen LogP contribution is 2.47. The van der Waals surface area contributed by atoms with E-state index in [1.807, 2.05) is 0 Å². The van der Waals surface area contributed by atoms with E-state index in [2.05, 4.69) is 9.51 Å². The number of nitrogens with zero attached hydrogens (tertiary/aromatic N) is 1. The third kappa shape index (κ3) is 2.82. The summed E-state index contributed by atoms with van der Waals surface area (Å²) in [4.78, 5) is 20.9. The van der Waals surface area contributed by atoms with Crippen LogP contribution in [0, 0.1) is 0 Å². The van der Waals surface area contributed by atoms with Gasteiger partial charge in [0.15, 0.2) is 0 Å². The van der Waals surface area contributed by atoms with Crippen molar-refractivity contribution in [1.29, 1.82) is 0 Å². The molecule has 3 N–H and O–H groups in total. The zero-order chi connectivity index (χ0) is 11.5. The second-order valence-electron chi connectivity index (χ2n) is 2.45. The van der Waals surface area contributed by atoms with Crippen molar-refractivity contribution in [2.75, 3.05) is 0 Å². The quantitative estimate of drug-likeness (QED) is 0.529. The Morgan fingerprint density at radius 3 is 2.20 bits per heavy atom. The van der Waals surface area contributed by atoms with Crippen molar-refractivity contribution < 1.29 is 28.5 Å². The number of rotatable bonds is 4. The van der Waals surface area contributed by atoms with E-state index in [9.17, 15) is 14.2 Å². The van der Waals surface area contributed by atoms with Crippen molar-refractivity contribution in [3.05, 3.63) is 30.1 Å². The molecule has 80 valence electrons. The first kappa shape index (κ1) is 12.3. The zero-order valence-corrected chi connectivity index (χ0v) is 9.01. The van der Waals surface area contributed by atoms with Crippen molar-refractivity contribution in [2.24, 2.45) is 0 Å². The van der Waals surface area contributed by atoms with Gasteiger partial charge < -0.3 is 5.11 Å². The van der Waals surface area contributed by atoms with Gasteiger partial charge in [-0.2, -0.15) is 4.89 Å². The van der Waals surface area contributed by atoms with Gasteiger partial charge in [0.05, 0.1) is 5.56 Å². The lowest BCUT2D eigenvalue weighted by Crippen LogP contribution is -2.22. The molecule has 3 unspecified atom stereocenters. The summed E-state index contributed by atoms with van der Waals surface area (Å²) < 4.78 is 25.4. The number of hydrogen-bond acceptors (Lipinski definition) is 5. The van der Waals surface area contributed by atoms with E-state index in [1.54, 1.807) is 0 Å². The van der Waals surface area contributed by atoms with Crippen LogP contribution >= 0.6 is 16.3 Å². The molecule has 0 bridgehead atoms. The highest BCUT2D eigenvalue weighted by molar-refractivity contribution is 7.40. The van der Waals surface area contributed by atoms with Gasteiger partial charge in [0.2, 0.25) is 0 Å². The lowest BCUT2D eigenvalue weighted by Gasteiger charge is -2.06. The normalized spacial score (nSPS) is 16.7. The van der Waals surface area contributed by atoms with Gasteiger partial charge in [-0.05, 0) is 21.2 Å². The Balaban J connectivity index is 3.13. The van der Waals surface area contributed by atoms with Crippen LogP contribution in [0.3, 0.4) is 0 Å². The molecular formula is C6H7NO6P2+2. The predicted octanol–water partition coefficient (Wildman–Crippen LogP) is 0.585. The molecule has 0 aliphatic carbocycles. The fraction of sp³-hybridized carbons (Fsp3) is 0.167. The maximum Gasteiger partial charge on any atom is 0.702 e. The van der Waals surface area contributed by atoms with Gasteiger partial charge in [0.25, 0.3) is 0 Å². The molecule has 3 atom stereocenters. The Morgan fingerprint density at radius 2 is 1.80 bits per heavy atom. The largest absolute Gasteiger partial charge is 0.702 e. The maximum atomic E-state index is 10.9. The fourth-order valence-electron chi connectivity index (χ4n) is 0.876. The first-order valence-electron chi connectivity index (χ1n) is 3.61. The van der Waals surface area contributed by atoms with Gasteiger partial charge in [-0.1, -0.05) is 0 Å². The predicted molar refractivity (Wildman–Crippen MR) is 48.9 cm³/mol. The van der Waals surface area contributed by atoms with Gasteiger partial charge in [-0.15, -0.1) is 4.89 Å². The van der Waals surface area contributed by atoms with Gasteiger partial charge in [0.1, 0.15) is 0 Å². The Kier molecular flexibility index (Phi) is 3.93. The number of aliphatic hydroxyl groups is 1. The second kappa shape index (κ2) is 4.81. The van der Waals surface area contributed by atoms with E-state index in [4.69, 9.17) is 9.79 Å². The average molecular weight is 251 g/mol. The summed E-state index contributed by atoms with van der Waals surface area (Å²) in [5, 5.41) is 9.60. The SMILES string of the molecule is O=[P+](O)OC(O)(c1ccncc1)[P+](=O)O. The highest BCUT2D eigenvalue weighted by Gasteiger charge is 2.59. The molecular weight excluding hydrogens is 244 g/mol. The monoisotopic (exact) mass is 251 g/mol. The average Bonchev–Trinajstić information content (AvgIpc) is 2.17. The number of hydrogen-bond donors (Lipinski definition) is 3. The second-order valence-corrected chi connectivity index (χ2v) is 4.26. The topological polar surface area (TPSA) is 117 Å². The van der Waals surface area contributed by atoms with Crippen molar-refractivity contribution in [1.82, 2.24) is 4.98 Å². The summed E-state index contributed by atoms with van der Waals surface area (Å²) in [7, 11) is -6.45. The maximum absolute atomic E-state index is 10.9. The first-order chi connectivity index (χ1) is 6.97. The van der Waals surface area contributed by atoms with Crippen molar-refractivity contribution in [2.45, 2.75) is 5.53 Å². The molecule has 0 aromatic carbocycles. The summed E-state index contributed by atoms with van der Waals surface area (Å²) in [5.74, 6) is 0. The summed E-state index contributed by atoms with van der Waals surface area (Å²) in [5.41, 5.74) is -2.82. The van der Waals surface area contributed by atoms with Crippen LogP contribution in [0.1, 0.15) is 5.56 Å². The van der Waals surface area contributed by atoms with E-state index < -0.39 is 21.8 Å². The van der Waals surface area contributed by atoms with Crippen LogP contribution < -0.4 is 0 Å². The lowest BCUT2D eigenvalue weighted by atomic mass is 10.2. The third-order valence-electron chi connectivity index (χ3n) is 1.52. The molecule has 0 radical (unpaired) electrons. The van der Waals surface area contributed by atoms with Crippen LogP contribution in [0.25, 0.3) is 0 Å². The van der Waals surface area contributed by atoms with Crippen molar-refractivity contribution >= 4 is 16.3 Å². The molecule has 1 aromatic heterocycles. The summed E-state index contributed by atoms with van der Waals surface area (Å²) in [6.45, 7) is 0. The number of aromatic nitrogens is 1. The van der Waals surface area contributed by atoms with Gasteiger partial charge in [-0.25, -0.2) is 0 Å². The molecule has 1 heterocycles. The van der Waals surface area contributed by atoms with Crippen LogP contribution in [0.2, 0.25) is 0 Å². The number of pyridine rings is 1. The van der Waals surface area contributed by atoms with Crippen molar-refractivity contribution in [3.63, 3.8) is 0 Å². The van der Waals surface area contributed by atoms with Crippen LogP contribution in [0.15, 0.2) is 24.5 Å². The molecule has 0 amide bonds. The third-order valence-corrected chi connectivity index (χ3v) is 2.95. The molecule has 0 aliphatic heterocycles. The molecule has 0 fully saturated rings. The molecule has 1 aromatic rings. The smallest absolute Gasteiger partial charge is 0.317 e. The van der Waals surface area contributed by atoms with E-state index in [0.717, 1.165) is 0 Å². The van der Waals surface area contributed by atoms with E-state index >= 15 is 0 Å². The van der Waals surface area contributed by atoms with Crippen LogP contribution in [0.5, 0.6) is 0 Å². The van der Waals surface area contributed by atoms with Crippen LogP contribution in [-0.2, 0) is 19.2 Å². The minimum absolute atomic E-state index is 0.126. The summed E-state index contributed by atoms with van der Waals surface area (Å²) in [6.07, 6.45) is 2.49. The van der Waals surface area contributed by atoms with Gasteiger partial charge in [0, 0.05) is 17.0 Å². The Labute approximate surface area is 86.2 Å². The molecule has 0 aliphatic rings. The molecule has 0 saturated heterocycles. The van der Waals surface area contributed by atoms with Crippen molar-refractivity contribution in [3.8, 4) is 0 Å². The minimum atomic E-state index is -3.24. The molecule has 1 rings (SSSR count). The van der Waals surface area contributed by atoms with Crippen LogP contribution in [0.4, 0.5) is 0 Å². The molecule has 15 heavy (non-hydrogen) atoms. The Hall–Kier alpha value is -0.810. The minimum Gasteiger partial charge on any atom is -0.317 e. The first-order valence-corrected chi connectivity index (χ1v) is 5.95. The van der Waals surface area contributed by atoms with E-state index in [0.29, 0.717) is 0 Å². The van der Waals surface area contributed by atoms with Crippen LogP contribution in [-0.4, -0.2) is 19.9 Å². The zero-order valence-electron chi connectivity index (χ0n) is 7.22. The van der Waals surface area contributed by atoms with Gasteiger partial charge >= 0.3 is 21.8 Å². The Morgan fingerprint density at radius 1 is 1.27 bits per heavy atom. The van der Waals surface area contributed by atoms with Gasteiger partial charge in [-0.3, -0.25) is 4.98 Å². The van der Waals surface area contributed by atoms with E-state index in [1.165, 1.54) is 24.5 Å². The van der Waals surface area contributed by atoms with E-state index in [-0.39, 0.29) is 5.56 Å². The standard InChI is InChI=1S/C6H5NO6P2/c8-6(14(9)10,13-15(11)12)5-1-3-7-4-2-5/h1-4,8H/p+2. The molecule has 9 heteroatoms. The molecule has 7 nitrogen and oxygen atoms in total. The fourth-order valence-corrected chi connectivity index (χ4v) is 2.06.